The number of carboxylic acid groups (broad SMARTS) is 2. The first-order valence-electron chi connectivity index (χ1n) is 11.6. The van der Waals surface area contributed by atoms with Crippen molar-refractivity contribution in [3.8, 4) is 0 Å². The summed E-state index contributed by atoms with van der Waals surface area (Å²) in [6.45, 7) is 7.26. The molecule has 0 unspecified atom stereocenters. The molecule has 0 aromatic rings. The second-order valence-corrected chi connectivity index (χ2v) is 9.83. The van der Waals surface area contributed by atoms with Gasteiger partial charge in [0, 0.05) is 0 Å². The van der Waals surface area contributed by atoms with Gasteiger partial charge in [0.25, 0.3) is 0 Å². The topological polar surface area (TPSA) is 74.6 Å². The summed E-state index contributed by atoms with van der Waals surface area (Å²) in [6, 6.07) is 0. The quantitative estimate of drug-likeness (QED) is 0.222. The highest BCUT2D eigenvalue weighted by atomic mass is 16.4. The van der Waals surface area contributed by atoms with Crippen molar-refractivity contribution in [3.63, 3.8) is 0 Å². The molecule has 0 bridgehead atoms. The van der Waals surface area contributed by atoms with Gasteiger partial charge in [-0.25, -0.2) is 0 Å². The van der Waals surface area contributed by atoms with Crippen LogP contribution in [-0.2, 0) is 9.59 Å². The van der Waals surface area contributed by atoms with Crippen molar-refractivity contribution in [1.29, 1.82) is 0 Å². The lowest BCUT2D eigenvalue weighted by molar-refractivity contribution is -0.148. The lowest BCUT2D eigenvalue weighted by atomic mass is 9.87. The van der Waals surface area contributed by atoms with Gasteiger partial charge in [-0.2, -0.15) is 0 Å². The van der Waals surface area contributed by atoms with Crippen molar-refractivity contribution >= 4 is 11.9 Å². The van der Waals surface area contributed by atoms with Crippen LogP contribution in [0.1, 0.15) is 130 Å². The van der Waals surface area contributed by atoms with Crippen LogP contribution < -0.4 is 0 Å². The first-order chi connectivity index (χ1) is 13.1. The van der Waals surface area contributed by atoms with Crippen LogP contribution in [0.4, 0.5) is 0 Å². The lowest BCUT2D eigenvalue weighted by Crippen LogP contribution is -2.23. The maximum Gasteiger partial charge on any atom is 0.309 e. The number of unbranched alkanes of at least 4 members (excludes halogenated alkanes) is 13. The zero-order valence-corrected chi connectivity index (χ0v) is 19.0. The van der Waals surface area contributed by atoms with Gasteiger partial charge in [-0.3, -0.25) is 9.59 Å². The zero-order valence-electron chi connectivity index (χ0n) is 19.0. The molecule has 0 saturated heterocycles. The van der Waals surface area contributed by atoms with Gasteiger partial charge >= 0.3 is 11.9 Å². The Kier molecular flexibility index (Phi) is 14.3. The van der Waals surface area contributed by atoms with E-state index in [0.29, 0.717) is 0 Å². The second kappa shape index (κ2) is 14.9. The van der Waals surface area contributed by atoms with Gasteiger partial charge in [-0.05, 0) is 40.5 Å². The highest BCUT2D eigenvalue weighted by Crippen LogP contribution is 2.25. The summed E-state index contributed by atoms with van der Waals surface area (Å²) in [5, 5.41) is 18.2. The third-order valence-corrected chi connectivity index (χ3v) is 6.01. The van der Waals surface area contributed by atoms with Gasteiger partial charge in [-0.15, -0.1) is 0 Å². The Morgan fingerprint density at radius 1 is 0.464 bits per heavy atom. The molecule has 28 heavy (non-hydrogen) atoms. The van der Waals surface area contributed by atoms with Gasteiger partial charge in [0.15, 0.2) is 0 Å². The molecule has 0 fully saturated rings. The van der Waals surface area contributed by atoms with Crippen LogP contribution in [0.25, 0.3) is 0 Å². The summed E-state index contributed by atoms with van der Waals surface area (Å²) in [5.41, 5.74) is -1.15. The van der Waals surface area contributed by atoms with Crippen LogP contribution in [0.5, 0.6) is 0 Å². The maximum absolute atomic E-state index is 11.0. The Hall–Kier alpha value is -1.06. The van der Waals surface area contributed by atoms with Crippen LogP contribution in [-0.4, -0.2) is 22.2 Å². The first kappa shape index (κ1) is 26.9. The molecule has 0 radical (unpaired) electrons. The predicted molar refractivity (Wildman–Crippen MR) is 117 cm³/mol. The van der Waals surface area contributed by atoms with E-state index in [-0.39, 0.29) is 0 Å². The number of carboxylic acids is 2. The summed E-state index contributed by atoms with van der Waals surface area (Å²) in [6.07, 6.45) is 18.8. The van der Waals surface area contributed by atoms with Gasteiger partial charge in [0.05, 0.1) is 10.8 Å². The van der Waals surface area contributed by atoms with Crippen molar-refractivity contribution in [2.75, 3.05) is 0 Å². The predicted octanol–water partition coefficient (Wildman–Crippen LogP) is 7.45. The minimum Gasteiger partial charge on any atom is -0.481 e. The van der Waals surface area contributed by atoms with E-state index in [0.717, 1.165) is 38.5 Å². The lowest BCUT2D eigenvalue weighted by Gasteiger charge is -2.18. The summed E-state index contributed by atoms with van der Waals surface area (Å²) >= 11 is 0. The van der Waals surface area contributed by atoms with E-state index < -0.39 is 22.8 Å². The molecule has 0 saturated carbocycles. The van der Waals surface area contributed by atoms with Crippen molar-refractivity contribution in [1.82, 2.24) is 0 Å². The SMILES string of the molecule is CC(C)(CCCCCCCCCCCCCCCCC(C)(C)C(=O)O)C(=O)O. The molecule has 0 atom stereocenters. The average molecular weight is 399 g/mol. The normalized spacial score (nSPS) is 12.3. The molecule has 0 amide bonds. The standard InChI is InChI=1S/C24H46O4/c1-23(2,21(25)26)19-17-15-13-11-9-7-5-6-8-10-12-14-16-18-20-24(3,4)22(27)28/h5-20H2,1-4H3,(H,25,26)(H,27,28). The maximum atomic E-state index is 11.0. The molecular weight excluding hydrogens is 352 g/mol. The van der Waals surface area contributed by atoms with Gasteiger partial charge < -0.3 is 10.2 Å². The molecule has 4 heteroatoms. The second-order valence-electron chi connectivity index (χ2n) is 9.83. The molecule has 2 N–H and O–H groups in total. The fourth-order valence-corrected chi connectivity index (χ4v) is 3.47. The van der Waals surface area contributed by atoms with Gasteiger partial charge in [-0.1, -0.05) is 89.9 Å². The Balaban J connectivity index is 3.28. The van der Waals surface area contributed by atoms with Crippen LogP contribution in [0, 0.1) is 10.8 Å². The summed E-state index contributed by atoms with van der Waals surface area (Å²) < 4.78 is 0. The van der Waals surface area contributed by atoms with Crippen molar-refractivity contribution in [2.24, 2.45) is 10.8 Å². The molecular formula is C24H46O4. The van der Waals surface area contributed by atoms with E-state index in [2.05, 4.69) is 0 Å². The van der Waals surface area contributed by atoms with Crippen LogP contribution >= 0.6 is 0 Å². The van der Waals surface area contributed by atoms with Crippen LogP contribution in [0.2, 0.25) is 0 Å². The third-order valence-electron chi connectivity index (χ3n) is 6.01. The number of rotatable bonds is 19. The van der Waals surface area contributed by atoms with E-state index in [9.17, 15) is 9.59 Å². The molecule has 0 aromatic heterocycles. The number of carbonyl (C=O) groups is 2. The van der Waals surface area contributed by atoms with E-state index in [1.165, 1.54) is 64.2 Å². The first-order valence-corrected chi connectivity index (χ1v) is 11.6. The summed E-state index contributed by atoms with van der Waals surface area (Å²) in [4.78, 5) is 22.1. The molecule has 0 aliphatic carbocycles. The highest BCUT2D eigenvalue weighted by Gasteiger charge is 2.26. The minimum absolute atomic E-state index is 0.574. The number of hydrogen-bond donors (Lipinski definition) is 2. The van der Waals surface area contributed by atoms with Crippen LogP contribution in [0.3, 0.4) is 0 Å². The highest BCUT2D eigenvalue weighted by molar-refractivity contribution is 5.73. The van der Waals surface area contributed by atoms with Gasteiger partial charge in [0.2, 0.25) is 0 Å². The van der Waals surface area contributed by atoms with Crippen molar-refractivity contribution < 1.29 is 19.8 Å². The molecule has 4 nitrogen and oxygen atoms in total. The zero-order chi connectivity index (χ0) is 21.5. The van der Waals surface area contributed by atoms with E-state index in [1.807, 2.05) is 27.7 Å². The Morgan fingerprint density at radius 3 is 0.821 bits per heavy atom. The molecule has 0 aliphatic heterocycles. The molecule has 0 spiro atoms. The molecule has 166 valence electrons. The largest absolute Gasteiger partial charge is 0.481 e. The fraction of sp³-hybridized carbons (Fsp3) is 0.917. The van der Waals surface area contributed by atoms with Crippen molar-refractivity contribution in [2.45, 2.75) is 130 Å². The smallest absolute Gasteiger partial charge is 0.309 e. The molecule has 0 aliphatic rings. The Labute approximate surface area is 173 Å². The summed E-state index contributed by atoms with van der Waals surface area (Å²) in [7, 11) is 0. The molecule has 0 rings (SSSR count). The fourth-order valence-electron chi connectivity index (χ4n) is 3.47. The Morgan fingerprint density at radius 2 is 0.643 bits per heavy atom. The third kappa shape index (κ3) is 14.0. The number of hydrogen-bond acceptors (Lipinski definition) is 2. The van der Waals surface area contributed by atoms with E-state index in [4.69, 9.17) is 10.2 Å². The van der Waals surface area contributed by atoms with E-state index >= 15 is 0 Å². The molecule has 0 aromatic carbocycles. The summed E-state index contributed by atoms with van der Waals surface area (Å²) in [5.74, 6) is -1.37. The van der Waals surface area contributed by atoms with Crippen molar-refractivity contribution in [3.05, 3.63) is 0 Å². The Bertz CT molecular complexity index is 386. The van der Waals surface area contributed by atoms with E-state index in [1.54, 1.807) is 0 Å². The van der Waals surface area contributed by atoms with Crippen LogP contribution in [0.15, 0.2) is 0 Å². The molecule has 0 heterocycles. The monoisotopic (exact) mass is 398 g/mol. The minimum atomic E-state index is -0.686. The van der Waals surface area contributed by atoms with Gasteiger partial charge in [0.1, 0.15) is 0 Å². The number of aliphatic carboxylic acids is 2. The average Bonchev–Trinajstić information content (AvgIpc) is 2.60.